The first-order chi connectivity index (χ1) is 37.7. The Morgan fingerprint density at radius 3 is 1.16 bits per heavy atom. The molecule has 2 aliphatic rings. The molecule has 8 bridgehead atoms. The Labute approximate surface area is 442 Å². The number of carbonyl (C=O) groups excluding carboxylic acids is 1. The predicted octanol–water partition coefficient (Wildman–Crippen LogP) is 12.3. The van der Waals surface area contributed by atoms with Crippen LogP contribution in [-0.4, -0.2) is 41.5 Å². The van der Waals surface area contributed by atoms with E-state index in [1.807, 2.05) is 73.7 Å². The second-order valence-corrected chi connectivity index (χ2v) is 19.7. The molecule has 0 atom stereocenters. The minimum atomic E-state index is -0.449. The average molecular weight is 1010 g/mol. The molecule has 7 heterocycles. The SMILES string of the molecule is CCCCn1c(=O)c2cc3c(=O)n(CCCCCCNC(=O)c4ccc(-c5c6nc(c(-c7ccccc7)c7ccc([nH]7)c(-c7ccccc7)c7nc(c(-c8ccccc8)c8ccc5[nH]8)C=C7)C=C6)cc4)c(=O)c3cc2c1=O. The summed E-state index contributed by atoms with van der Waals surface area (Å²) in [5.41, 5.74) is 13.3. The Balaban J connectivity index is 0.825. The van der Waals surface area contributed by atoms with E-state index in [9.17, 15) is 24.0 Å². The molecule has 3 N–H and O–H groups in total. The number of hydrogen-bond acceptors (Lipinski definition) is 7. The van der Waals surface area contributed by atoms with Crippen LogP contribution >= 0.6 is 0 Å². The van der Waals surface area contributed by atoms with Crippen molar-refractivity contribution in [3.05, 3.63) is 221 Å². The Bertz CT molecular complexity index is 4270. The number of H-pyrrole nitrogens is 2. The van der Waals surface area contributed by atoms with E-state index in [2.05, 4.69) is 112 Å². The molecule has 0 aliphatic carbocycles. The quantitative estimate of drug-likeness (QED) is 0.0860. The van der Waals surface area contributed by atoms with Crippen molar-refractivity contribution in [1.82, 2.24) is 34.4 Å². The van der Waals surface area contributed by atoms with E-state index in [-0.39, 0.29) is 34.0 Å². The fourth-order valence-corrected chi connectivity index (χ4v) is 10.9. The van der Waals surface area contributed by atoms with Crippen molar-refractivity contribution in [2.24, 2.45) is 0 Å². The summed E-state index contributed by atoms with van der Waals surface area (Å²) >= 11 is 0. The molecule has 10 aromatic rings. The van der Waals surface area contributed by atoms with Crippen LogP contribution < -0.4 is 27.6 Å². The lowest BCUT2D eigenvalue weighted by molar-refractivity contribution is 0.0953. The van der Waals surface area contributed by atoms with Crippen molar-refractivity contribution in [1.29, 1.82) is 0 Å². The molecule has 0 fully saturated rings. The van der Waals surface area contributed by atoms with Gasteiger partial charge in [0.15, 0.2) is 0 Å². The van der Waals surface area contributed by atoms with Gasteiger partial charge < -0.3 is 15.3 Å². The van der Waals surface area contributed by atoms with Crippen LogP contribution in [0.25, 0.3) is 112 Å². The maximum atomic E-state index is 13.6. The van der Waals surface area contributed by atoms with Gasteiger partial charge in [0.1, 0.15) is 0 Å². The van der Waals surface area contributed by atoms with Gasteiger partial charge in [0, 0.05) is 69.5 Å². The standard InChI is InChI=1S/C65H53N7O5/c1-2-3-36-71-62(74)45-38-47-48(39-46(45)63(71)75)65(77)72(64(47)76)37-16-5-4-15-35-66-61(73)44-25-23-43(24-26-44)60-55-33-31-53(69-55)58(41-19-11-7-12-20-41)51-29-27-49(67-51)57(40-17-9-6-10-18-40)50-28-30-52(68-50)59(42-21-13-8-14-22-42)54-32-34-56(60)70-54/h6-14,17-34,38-39,67,70H,2-5,15-16,35-37H2,1H3,(H,66,73). The summed E-state index contributed by atoms with van der Waals surface area (Å²) in [6, 6.07) is 49.8. The Hall–Kier alpha value is -9.55. The lowest BCUT2D eigenvalue weighted by Gasteiger charge is -2.08. The topological polar surface area (TPSA) is 165 Å². The molecule has 0 spiro atoms. The number of aromatic nitrogens is 6. The fourth-order valence-electron chi connectivity index (χ4n) is 10.9. The van der Waals surface area contributed by atoms with Gasteiger partial charge in [0.2, 0.25) is 0 Å². The summed E-state index contributed by atoms with van der Waals surface area (Å²) in [5.74, 6) is -0.192. The molecular formula is C65H53N7O5. The molecule has 5 aromatic heterocycles. The van der Waals surface area contributed by atoms with Crippen LogP contribution in [0.2, 0.25) is 0 Å². The highest BCUT2D eigenvalue weighted by atomic mass is 16.2. The zero-order chi connectivity index (χ0) is 52.6. The van der Waals surface area contributed by atoms with Crippen molar-refractivity contribution in [3.63, 3.8) is 0 Å². The Morgan fingerprint density at radius 1 is 0.429 bits per heavy atom. The molecule has 0 radical (unpaired) electrons. The number of unbranched alkanes of at least 4 members (excludes halogenated alkanes) is 4. The number of nitrogens with one attached hydrogen (secondary N) is 3. The second kappa shape index (κ2) is 20.6. The minimum absolute atomic E-state index is 0.166. The van der Waals surface area contributed by atoms with Crippen molar-refractivity contribution >= 4 is 73.8 Å². The molecule has 12 nitrogen and oxygen atoms in total. The number of rotatable bonds is 15. The highest BCUT2D eigenvalue weighted by Crippen LogP contribution is 2.38. The summed E-state index contributed by atoms with van der Waals surface area (Å²) < 4.78 is 2.40. The first-order valence-electron chi connectivity index (χ1n) is 26.4. The number of nitrogens with zero attached hydrogens (tertiary/aromatic N) is 4. The number of amides is 1. The average Bonchev–Trinajstić information content (AvgIpc) is 4.41. The monoisotopic (exact) mass is 1010 g/mol. The summed E-state index contributed by atoms with van der Waals surface area (Å²) in [7, 11) is 0. The number of benzene rings is 5. The summed E-state index contributed by atoms with van der Waals surface area (Å²) in [5, 5.41) is 3.75. The fraction of sp³-hybridized carbons (Fsp3) is 0.154. The molecule has 1 amide bonds. The molecule has 77 heavy (non-hydrogen) atoms. The van der Waals surface area contributed by atoms with Crippen molar-refractivity contribution in [2.75, 3.05) is 6.54 Å². The lowest BCUT2D eigenvalue weighted by Crippen LogP contribution is -2.26. The van der Waals surface area contributed by atoms with E-state index in [4.69, 9.17) is 9.97 Å². The first-order valence-corrected chi connectivity index (χ1v) is 26.4. The summed E-state index contributed by atoms with van der Waals surface area (Å²) in [6.07, 6.45) is 12.6. The molecular weight excluding hydrogens is 959 g/mol. The van der Waals surface area contributed by atoms with Crippen molar-refractivity contribution in [2.45, 2.75) is 58.5 Å². The van der Waals surface area contributed by atoms with E-state index in [0.29, 0.717) is 37.9 Å². The third-order valence-electron chi connectivity index (χ3n) is 14.8. The van der Waals surface area contributed by atoms with E-state index < -0.39 is 22.2 Å². The Morgan fingerprint density at radius 2 is 0.779 bits per heavy atom. The zero-order valence-electron chi connectivity index (χ0n) is 42.4. The van der Waals surface area contributed by atoms with Crippen molar-refractivity contribution < 1.29 is 4.79 Å². The van der Waals surface area contributed by atoms with E-state index in [1.165, 1.54) is 21.3 Å². The van der Waals surface area contributed by atoms with Gasteiger partial charge in [-0.05, 0) is 114 Å². The van der Waals surface area contributed by atoms with Crippen molar-refractivity contribution in [3.8, 4) is 44.5 Å². The number of fused-ring (bicyclic) bond motifs is 10. The molecule has 0 saturated heterocycles. The van der Waals surface area contributed by atoms with Crippen LogP contribution in [-0.2, 0) is 13.1 Å². The molecule has 12 rings (SSSR count). The molecule has 378 valence electrons. The molecule has 0 saturated carbocycles. The van der Waals surface area contributed by atoms with Gasteiger partial charge in [0.25, 0.3) is 28.1 Å². The van der Waals surface area contributed by atoms with Gasteiger partial charge in [-0.2, -0.15) is 0 Å². The van der Waals surface area contributed by atoms with E-state index in [0.717, 1.165) is 109 Å². The number of aromatic amines is 2. The van der Waals surface area contributed by atoms with Crippen LogP contribution in [0, 0.1) is 0 Å². The highest BCUT2D eigenvalue weighted by Gasteiger charge is 2.22. The summed E-state index contributed by atoms with van der Waals surface area (Å²) in [4.78, 5) is 84.7. The Kier molecular flexibility index (Phi) is 13.0. The third-order valence-corrected chi connectivity index (χ3v) is 14.8. The first kappa shape index (κ1) is 48.4. The zero-order valence-corrected chi connectivity index (χ0v) is 42.4. The normalized spacial score (nSPS) is 12.1. The molecule has 5 aromatic carbocycles. The van der Waals surface area contributed by atoms with Crippen LogP contribution in [0.4, 0.5) is 0 Å². The predicted molar refractivity (Wildman–Crippen MR) is 311 cm³/mol. The van der Waals surface area contributed by atoms with Gasteiger partial charge in [-0.15, -0.1) is 0 Å². The van der Waals surface area contributed by atoms with Crippen LogP contribution in [0.5, 0.6) is 0 Å². The third kappa shape index (κ3) is 9.07. The molecule has 0 unspecified atom stereocenters. The summed E-state index contributed by atoms with van der Waals surface area (Å²) in [6.45, 7) is 2.95. The van der Waals surface area contributed by atoms with Gasteiger partial charge >= 0.3 is 0 Å². The maximum Gasteiger partial charge on any atom is 0.261 e. The second-order valence-electron chi connectivity index (χ2n) is 19.7. The highest BCUT2D eigenvalue weighted by molar-refractivity contribution is 6.01. The molecule has 12 heteroatoms. The minimum Gasteiger partial charge on any atom is -0.354 e. The lowest BCUT2D eigenvalue weighted by atomic mass is 10.0. The number of carbonyl (C=O) groups is 1. The smallest absolute Gasteiger partial charge is 0.261 e. The largest absolute Gasteiger partial charge is 0.354 e. The van der Waals surface area contributed by atoms with Gasteiger partial charge in [-0.25, -0.2) is 9.97 Å². The number of hydrogen-bond donors (Lipinski definition) is 3. The maximum absolute atomic E-state index is 13.6. The van der Waals surface area contributed by atoms with Gasteiger partial charge in [-0.3, -0.25) is 33.1 Å². The van der Waals surface area contributed by atoms with Gasteiger partial charge in [-0.1, -0.05) is 129 Å². The van der Waals surface area contributed by atoms with Gasteiger partial charge in [0.05, 0.1) is 44.3 Å². The van der Waals surface area contributed by atoms with E-state index in [1.54, 1.807) is 0 Å². The van der Waals surface area contributed by atoms with E-state index >= 15 is 0 Å². The van der Waals surface area contributed by atoms with Crippen LogP contribution in [0.1, 0.15) is 78.6 Å². The van der Waals surface area contributed by atoms with Crippen LogP contribution in [0.15, 0.2) is 171 Å². The van der Waals surface area contributed by atoms with Crippen LogP contribution in [0.3, 0.4) is 0 Å². The molecule has 2 aliphatic heterocycles.